The molecule has 0 amide bonds. The second-order valence-electron chi connectivity index (χ2n) is 3.53. The summed E-state index contributed by atoms with van der Waals surface area (Å²) in [6, 6.07) is 2.36. The largest absolute Gasteiger partial charge is 0.534 e. The highest BCUT2D eigenvalue weighted by Gasteiger charge is 2.51. The maximum absolute atomic E-state index is 12.3. The molecule has 0 aliphatic carbocycles. The van der Waals surface area contributed by atoms with Gasteiger partial charge in [-0.3, -0.25) is 0 Å². The van der Waals surface area contributed by atoms with E-state index in [0.29, 0.717) is 6.07 Å². The Hall–Kier alpha value is -0.970. The summed E-state index contributed by atoms with van der Waals surface area (Å²) in [5, 5.41) is 0. The molecule has 0 aromatic heterocycles. The van der Waals surface area contributed by atoms with E-state index in [-0.39, 0.29) is 0 Å². The molecule has 0 bridgehead atoms. The van der Waals surface area contributed by atoms with Gasteiger partial charge < -0.3 is 8.37 Å². The highest BCUT2D eigenvalue weighted by atomic mass is 127. The van der Waals surface area contributed by atoms with Crippen LogP contribution in [0.4, 0.5) is 26.3 Å². The van der Waals surface area contributed by atoms with Crippen molar-refractivity contribution in [2.75, 3.05) is 0 Å². The van der Waals surface area contributed by atoms with Gasteiger partial charge in [0.2, 0.25) is 0 Å². The van der Waals surface area contributed by atoms with E-state index in [1.807, 2.05) is 0 Å². The van der Waals surface area contributed by atoms with E-state index in [0.717, 1.165) is 12.1 Å². The fourth-order valence-electron chi connectivity index (χ4n) is 0.958. The lowest BCUT2D eigenvalue weighted by molar-refractivity contribution is -0.0513. The highest BCUT2D eigenvalue weighted by Crippen LogP contribution is 2.39. The minimum Gasteiger partial charge on any atom is -0.372 e. The van der Waals surface area contributed by atoms with Gasteiger partial charge in [-0.25, -0.2) is 0 Å². The first-order valence-electron chi connectivity index (χ1n) is 4.88. The molecule has 23 heavy (non-hydrogen) atoms. The van der Waals surface area contributed by atoms with Crippen molar-refractivity contribution in [3.8, 4) is 11.5 Å². The summed E-state index contributed by atoms with van der Waals surface area (Å²) in [5.41, 5.74) is -11.8. The molecule has 0 atom stereocenters. The average Bonchev–Trinajstić information content (AvgIpc) is 2.30. The van der Waals surface area contributed by atoms with E-state index in [2.05, 4.69) is 8.37 Å². The quantitative estimate of drug-likeness (QED) is 0.274. The Morgan fingerprint density at radius 3 is 1.70 bits per heavy atom. The first kappa shape index (κ1) is 20.1. The molecule has 1 aromatic rings. The van der Waals surface area contributed by atoms with Crippen LogP contribution in [0, 0.1) is 3.57 Å². The molecule has 6 nitrogen and oxygen atoms in total. The number of hydrogen-bond donors (Lipinski definition) is 0. The molecule has 0 N–H and O–H groups in total. The van der Waals surface area contributed by atoms with E-state index in [1.54, 1.807) is 0 Å². The van der Waals surface area contributed by atoms with Crippen molar-refractivity contribution in [3.63, 3.8) is 0 Å². The molecule has 1 rings (SSSR count). The van der Waals surface area contributed by atoms with Gasteiger partial charge in [0.1, 0.15) is 0 Å². The Morgan fingerprint density at radius 1 is 0.826 bits per heavy atom. The van der Waals surface area contributed by atoms with Crippen molar-refractivity contribution in [2.24, 2.45) is 0 Å². The van der Waals surface area contributed by atoms with Gasteiger partial charge in [-0.2, -0.15) is 43.2 Å². The van der Waals surface area contributed by atoms with Crippen LogP contribution < -0.4 is 8.37 Å². The zero-order valence-electron chi connectivity index (χ0n) is 10.1. The van der Waals surface area contributed by atoms with Crippen molar-refractivity contribution in [1.82, 2.24) is 0 Å². The maximum Gasteiger partial charge on any atom is 0.534 e. The van der Waals surface area contributed by atoms with Crippen LogP contribution in [-0.2, 0) is 20.2 Å². The van der Waals surface area contributed by atoms with Gasteiger partial charge in [0, 0.05) is 0 Å². The van der Waals surface area contributed by atoms with Crippen LogP contribution in [0.3, 0.4) is 0 Å². The van der Waals surface area contributed by atoms with Crippen LogP contribution in [0.15, 0.2) is 18.2 Å². The predicted molar refractivity (Wildman–Crippen MR) is 70.4 cm³/mol. The van der Waals surface area contributed by atoms with Crippen molar-refractivity contribution >= 4 is 42.8 Å². The number of benzene rings is 1. The van der Waals surface area contributed by atoms with Crippen LogP contribution in [0.2, 0.25) is 0 Å². The minimum absolute atomic E-state index is 0.440. The molecular weight excluding hydrogens is 497 g/mol. The fourth-order valence-corrected chi connectivity index (χ4v) is 2.64. The zero-order valence-corrected chi connectivity index (χ0v) is 13.9. The Morgan fingerprint density at radius 2 is 1.26 bits per heavy atom. The van der Waals surface area contributed by atoms with E-state index >= 15 is 0 Å². The molecular formula is C8H3F6IO6S2. The Bertz CT molecular complexity index is 797. The van der Waals surface area contributed by atoms with Crippen LogP contribution in [0.5, 0.6) is 11.5 Å². The predicted octanol–water partition coefficient (Wildman–Crippen LogP) is 2.75. The number of para-hydroxylation sites is 1. The molecule has 0 fully saturated rings. The van der Waals surface area contributed by atoms with Gasteiger partial charge in [0.05, 0.1) is 3.57 Å². The standard InChI is InChI=1S/C8H3F6IO6S2/c9-7(10,11)22(16,17)20-5-3-1-2-4(15)6(5)21-23(18,19)8(12,13)14/h1-3H. The van der Waals surface area contributed by atoms with Crippen LogP contribution in [0.1, 0.15) is 0 Å². The average molecular weight is 500 g/mol. The monoisotopic (exact) mass is 500 g/mol. The van der Waals surface area contributed by atoms with E-state index in [9.17, 15) is 43.2 Å². The van der Waals surface area contributed by atoms with Crippen LogP contribution >= 0.6 is 22.6 Å². The normalized spacial score (nSPS) is 13.7. The smallest absolute Gasteiger partial charge is 0.372 e. The van der Waals surface area contributed by atoms with E-state index in [1.165, 1.54) is 22.6 Å². The highest BCUT2D eigenvalue weighted by molar-refractivity contribution is 14.1. The van der Waals surface area contributed by atoms with E-state index in [4.69, 9.17) is 0 Å². The molecule has 0 unspecified atom stereocenters. The lowest BCUT2D eigenvalue weighted by atomic mass is 10.3. The third-order valence-corrected chi connectivity index (χ3v) is 4.66. The van der Waals surface area contributed by atoms with Crippen molar-refractivity contribution in [3.05, 3.63) is 21.8 Å². The van der Waals surface area contributed by atoms with Crippen molar-refractivity contribution in [2.45, 2.75) is 11.0 Å². The molecule has 132 valence electrons. The third kappa shape index (κ3) is 4.52. The Labute approximate surface area is 138 Å². The number of hydrogen-bond acceptors (Lipinski definition) is 6. The van der Waals surface area contributed by atoms with Gasteiger partial charge in [0.15, 0.2) is 11.5 Å². The lowest BCUT2D eigenvalue weighted by Gasteiger charge is -2.15. The summed E-state index contributed by atoms with van der Waals surface area (Å²) in [6.07, 6.45) is 0. The zero-order chi connectivity index (χ0) is 18.3. The first-order chi connectivity index (χ1) is 10.1. The molecule has 0 spiro atoms. The lowest BCUT2D eigenvalue weighted by Crippen LogP contribution is -2.30. The summed E-state index contributed by atoms with van der Waals surface area (Å²) in [7, 11) is -12.5. The molecule has 0 saturated heterocycles. The fraction of sp³-hybridized carbons (Fsp3) is 0.250. The summed E-state index contributed by atoms with van der Waals surface area (Å²) in [5.74, 6) is -2.72. The molecule has 1 aromatic carbocycles. The van der Waals surface area contributed by atoms with Crippen LogP contribution in [-0.4, -0.2) is 27.9 Å². The maximum atomic E-state index is 12.3. The molecule has 0 radical (unpaired) electrons. The molecule has 0 aliphatic heterocycles. The van der Waals surface area contributed by atoms with Gasteiger partial charge in [0.25, 0.3) is 0 Å². The second kappa shape index (κ2) is 6.15. The van der Waals surface area contributed by atoms with E-state index < -0.39 is 46.3 Å². The van der Waals surface area contributed by atoms with Gasteiger partial charge in [-0.05, 0) is 34.7 Å². The summed E-state index contributed by atoms with van der Waals surface area (Å²) >= 11 is 1.21. The number of rotatable bonds is 4. The SMILES string of the molecule is O=S(=O)(Oc1cccc(I)c1OS(=O)(=O)C(F)(F)F)C(F)(F)F. The second-order valence-corrected chi connectivity index (χ2v) is 7.77. The molecule has 15 heteroatoms. The first-order valence-corrected chi connectivity index (χ1v) is 8.78. The van der Waals surface area contributed by atoms with Gasteiger partial charge in [-0.15, -0.1) is 0 Å². The number of alkyl halides is 6. The summed E-state index contributed by atoms with van der Waals surface area (Å²) in [4.78, 5) is 0. The minimum atomic E-state index is -6.25. The summed E-state index contributed by atoms with van der Waals surface area (Å²) < 4.78 is 124. The summed E-state index contributed by atoms with van der Waals surface area (Å²) in [6.45, 7) is 0. The van der Waals surface area contributed by atoms with Crippen molar-refractivity contribution < 1.29 is 51.5 Å². The molecule has 0 heterocycles. The van der Waals surface area contributed by atoms with Gasteiger partial charge in [-0.1, -0.05) is 6.07 Å². The Balaban J connectivity index is 3.38. The van der Waals surface area contributed by atoms with Crippen LogP contribution in [0.25, 0.3) is 0 Å². The third-order valence-electron chi connectivity index (χ3n) is 1.89. The molecule has 0 saturated carbocycles. The van der Waals surface area contributed by atoms with Gasteiger partial charge >= 0.3 is 31.3 Å². The topological polar surface area (TPSA) is 86.7 Å². The number of halogens is 7. The molecule has 0 aliphatic rings. The van der Waals surface area contributed by atoms with Crippen molar-refractivity contribution in [1.29, 1.82) is 0 Å². The Kier molecular flexibility index (Phi) is 5.37.